The zero-order chi connectivity index (χ0) is 22.1. The minimum atomic E-state index is -1.88. The summed E-state index contributed by atoms with van der Waals surface area (Å²) in [4.78, 5) is 24.7. The van der Waals surface area contributed by atoms with Crippen LogP contribution in [0.5, 0.6) is 0 Å². The molecule has 2 atom stereocenters. The fourth-order valence-corrected chi connectivity index (χ4v) is 1.90. The number of carbonyl (C=O) groups excluding carboxylic acids is 2. The molecule has 0 aliphatic rings. The number of aliphatic hydroxyl groups is 6. The second-order valence-corrected chi connectivity index (χ2v) is 7.33. The van der Waals surface area contributed by atoms with Gasteiger partial charge in [0.25, 0.3) is 0 Å². The molecule has 2 amide bonds. The first-order valence-corrected chi connectivity index (χ1v) is 8.78. The van der Waals surface area contributed by atoms with Crippen LogP contribution in [0.15, 0.2) is 10.2 Å². The standard InChI is InChI=1S/C16H32N4O8/c1-15(2,13(27)17-9(5-7-21)11(23)24)19-20-16(3,4)14(28)18-10(6-8-22)12(25)26/h9-12,21-26H,5-8H2,1-4H3,(H,17,27)(H,18,28). The molecule has 0 fully saturated rings. The van der Waals surface area contributed by atoms with Gasteiger partial charge in [-0.25, -0.2) is 0 Å². The highest BCUT2D eigenvalue weighted by Gasteiger charge is 2.35. The van der Waals surface area contributed by atoms with Gasteiger partial charge in [0.2, 0.25) is 11.8 Å². The third-order valence-electron chi connectivity index (χ3n) is 3.89. The predicted molar refractivity (Wildman–Crippen MR) is 96.7 cm³/mol. The molecule has 164 valence electrons. The summed E-state index contributed by atoms with van der Waals surface area (Å²) in [6.45, 7) is 4.83. The highest BCUT2D eigenvalue weighted by atomic mass is 16.5. The number of amides is 2. The molecular formula is C16H32N4O8. The fraction of sp³-hybridized carbons (Fsp3) is 0.875. The quantitative estimate of drug-likeness (QED) is 0.126. The molecule has 8 N–H and O–H groups in total. The first kappa shape index (κ1) is 26.3. The van der Waals surface area contributed by atoms with E-state index < -0.39 is 47.6 Å². The summed E-state index contributed by atoms with van der Waals surface area (Å²) < 4.78 is 0. The second kappa shape index (κ2) is 11.3. The molecule has 0 aromatic rings. The van der Waals surface area contributed by atoms with Crippen LogP contribution in [0.3, 0.4) is 0 Å². The molecule has 0 aromatic carbocycles. The molecule has 0 spiro atoms. The Hall–Kier alpha value is -1.70. The minimum Gasteiger partial charge on any atom is -0.396 e. The van der Waals surface area contributed by atoms with E-state index in [1.807, 2.05) is 0 Å². The van der Waals surface area contributed by atoms with Crippen LogP contribution in [0.4, 0.5) is 0 Å². The average Bonchev–Trinajstić information content (AvgIpc) is 2.58. The molecule has 2 unspecified atom stereocenters. The summed E-state index contributed by atoms with van der Waals surface area (Å²) in [5.74, 6) is -1.41. The lowest BCUT2D eigenvalue weighted by molar-refractivity contribution is -0.133. The number of aliphatic hydroxyl groups excluding tert-OH is 4. The largest absolute Gasteiger partial charge is 0.396 e. The zero-order valence-corrected chi connectivity index (χ0v) is 16.5. The third kappa shape index (κ3) is 8.54. The lowest BCUT2D eigenvalue weighted by Crippen LogP contribution is -2.52. The first-order chi connectivity index (χ1) is 12.8. The Balaban J connectivity index is 5.16. The molecular weight excluding hydrogens is 376 g/mol. The minimum absolute atomic E-state index is 0.0831. The van der Waals surface area contributed by atoms with Crippen molar-refractivity contribution in [1.82, 2.24) is 10.6 Å². The molecule has 0 saturated carbocycles. The Bertz CT molecular complexity index is 491. The zero-order valence-electron chi connectivity index (χ0n) is 16.5. The Morgan fingerprint density at radius 2 is 1.04 bits per heavy atom. The molecule has 0 bridgehead atoms. The predicted octanol–water partition coefficient (Wildman–Crippen LogP) is -2.65. The van der Waals surface area contributed by atoms with E-state index in [0.717, 1.165) is 0 Å². The van der Waals surface area contributed by atoms with E-state index in [4.69, 9.17) is 10.2 Å². The first-order valence-electron chi connectivity index (χ1n) is 8.78. The van der Waals surface area contributed by atoms with Crippen molar-refractivity contribution in [3.8, 4) is 0 Å². The number of nitrogens with zero attached hydrogens (tertiary/aromatic N) is 2. The van der Waals surface area contributed by atoms with E-state index in [9.17, 15) is 30.0 Å². The van der Waals surface area contributed by atoms with Crippen LogP contribution >= 0.6 is 0 Å². The van der Waals surface area contributed by atoms with Gasteiger partial charge in [0, 0.05) is 13.2 Å². The van der Waals surface area contributed by atoms with Crippen LogP contribution in [0.2, 0.25) is 0 Å². The normalized spacial score (nSPS) is 15.1. The Kier molecular flexibility index (Phi) is 10.6. The van der Waals surface area contributed by atoms with E-state index in [-0.39, 0.29) is 26.1 Å². The van der Waals surface area contributed by atoms with Gasteiger partial charge in [0.05, 0.1) is 12.1 Å². The Labute approximate surface area is 163 Å². The van der Waals surface area contributed by atoms with Crippen molar-refractivity contribution in [3.63, 3.8) is 0 Å². The number of nitrogens with one attached hydrogen (secondary N) is 2. The van der Waals surface area contributed by atoms with Crippen molar-refractivity contribution in [3.05, 3.63) is 0 Å². The second-order valence-electron chi connectivity index (χ2n) is 7.33. The van der Waals surface area contributed by atoms with Gasteiger partial charge in [0.1, 0.15) is 0 Å². The molecule has 28 heavy (non-hydrogen) atoms. The van der Waals surface area contributed by atoms with E-state index >= 15 is 0 Å². The molecule has 0 aliphatic heterocycles. The van der Waals surface area contributed by atoms with E-state index in [1.165, 1.54) is 27.7 Å². The van der Waals surface area contributed by atoms with Gasteiger partial charge in [-0.1, -0.05) is 0 Å². The summed E-state index contributed by atoms with van der Waals surface area (Å²) in [7, 11) is 0. The van der Waals surface area contributed by atoms with Crippen LogP contribution in [-0.2, 0) is 9.59 Å². The summed E-state index contributed by atoms with van der Waals surface area (Å²) in [6, 6.07) is -2.21. The molecule has 0 aromatic heterocycles. The van der Waals surface area contributed by atoms with Gasteiger partial charge >= 0.3 is 0 Å². The maximum Gasteiger partial charge on any atom is 0.249 e. The molecule has 12 heteroatoms. The Morgan fingerprint density at radius 1 is 0.750 bits per heavy atom. The number of azo groups is 1. The molecule has 0 heterocycles. The van der Waals surface area contributed by atoms with Gasteiger partial charge in [0.15, 0.2) is 23.7 Å². The topological polar surface area (TPSA) is 204 Å². The number of rotatable bonds is 12. The molecule has 0 aliphatic carbocycles. The lowest BCUT2D eigenvalue weighted by Gasteiger charge is -2.27. The van der Waals surface area contributed by atoms with E-state index in [2.05, 4.69) is 20.9 Å². The van der Waals surface area contributed by atoms with Gasteiger partial charge in [-0.3, -0.25) is 9.59 Å². The van der Waals surface area contributed by atoms with Crippen molar-refractivity contribution >= 4 is 11.8 Å². The monoisotopic (exact) mass is 408 g/mol. The van der Waals surface area contributed by atoms with Crippen molar-refractivity contribution in [2.45, 2.75) is 76.3 Å². The highest BCUT2D eigenvalue weighted by Crippen LogP contribution is 2.17. The van der Waals surface area contributed by atoms with Crippen LogP contribution in [0.25, 0.3) is 0 Å². The van der Waals surface area contributed by atoms with Gasteiger partial charge in [-0.05, 0) is 40.5 Å². The smallest absolute Gasteiger partial charge is 0.249 e. The van der Waals surface area contributed by atoms with Crippen molar-refractivity contribution < 1.29 is 40.2 Å². The molecule has 0 saturated heterocycles. The Morgan fingerprint density at radius 3 is 1.25 bits per heavy atom. The van der Waals surface area contributed by atoms with Crippen molar-refractivity contribution in [2.75, 3.05) is 13.2 Å². The highest BCUT2D eigenvalue weighted by molar-refractivity contribution is 5.87. The van der Waals surface area contributed by atoms with Crippen LogP contribution < -0.4 is 10.6 Å². The number of hydrogen-bond donors (Lipinski definition) is 8. The number of carbonyl (C=O) groups is 2. The molecule has 0 radical (unpaired) electrons. The van der Waals surface area contributed by atoms with Gasteiger partial charge in [-0.15, -0.1) is 0 Å². The van der Waals surface area contributed by atoms with Crippen molar-refractivity contribution in [2.24, 2.45) is 10.2 Å². The van der Waals surface area contributed by atoms with Crippen LogP contribution in [0.1, 0.15) is 40.5 Å². The molecule has 0 rings (SSSR count). The third-order valence-corrected chi connectivity index (χ3v) is 3.89. The maximum absolute atomic E-state index is 12.3. The fourth-order valence-electron chi connectivity index (χ4n) is 1.90. The summed E-state index contributed by atoms with van der Waals surface area (Å²) >= 11 is 0. The van der Waals surface area contributed by atoms with E-state index in [0.29, 0.717) is 0 Å². The van der Waals surface area contributed by atoms with Crippen LogP contribution in [-0.4, -0.2) is 91.4 Å². The van der Waals surface area contributed by atoms with E-state index in [1.54, 1.807) is 0 Å². The van der Waals surface area contributed by atoms with Gasteiger partial charge < -0.3 is 41.3 Å². The lowest BCUT2D eigenvalue weighted by atomic mass is 10.0. The number of hydrogen-bond acceptors (Lipinski definition) is 10. The molecule has 12 nitrogen and oxygen atoms in total. The van der Waals surface area contributed by atoms with Gasteiger partial charge in [-0.2, -0.15) is 10.2 Å². The maximum atomic E-state index is 12.3. The summed E-state index contributed by atoms with van der Waals surface area (Å²) in [5.41, 5.74) is -2.94. The average molecular weight is 408 g/mol. The SMILES string of the molecule is CC(C)(N=NC(C)(C)C(=O)NC(CCO)C(O)O)C(=O)NC(CCO)C(O)O. The summed E-state index contributed by atoms with van der Waals surface area (Å²) in [6.07, 6.45) is -3.92. The van der Waals surface area contributed by atoms with Crippen molar-refractivity contribution in [1.29, 1.82) is 0 Å². The van der Waals surface area contributed by atoms with Crippen LogP contribution in [0, 0.1) is 0 Å². The summed E-state index contributed by atoms with van der Waals surface area (Å²) in [5, 5.41) is 67.1.